The van der Waals surface area contributed by atoms with Crippen molar-refractivity contribution in [3.63, 3.8) is 0 Å². The highest BCUT2D eigenvalue weighted by molar-refractivity contribution is 6.15. The third kappa shape index (κ3) is 5.05. The molecule has 0 N–H and O–H groups in total. The Labute approximate surface area is 314 Å². The van der Waals surface area contributed by atoms with E-state index in [-0.39, 0.29) is 0 Å². The lowest BCUT2D eigenvalue weighted by Crippen LogP contribution is -2.19. The number of anilines is 2. The SMILES string of the molecule is C1=C(c2ccccc2)C(N(c2ccc(C3=CCCc4ccccc43)cc2)c2ccc(-c3cc4c5c(ccc6oc7c(c65)C(=CCC7)OO4)c3)cc2)=CCC1. The number of fused-ring (bicyclic) bond motifs is 1. The van der Waals surface area contributed by atoms with Gasteiger partial charge in [0.25, 0.3) is 0 Å². The largest absolute Gasteiger partial charge is 0.460 e. The van der Waals surface area contributed by atoms with Crippen molar-refractivity contribution in [3.8, 4) is 16.9 Å². The van der Waals surface area contributed by atoms with Crippen LogP contribution >= 0.6 is 0 Å². The molecule has 0 fully saturated rings. The van der Waals surface area contributed by atoms with E-state index in [9.17, 15) is 0 Å². The lowest BCUT2D eigenvalue weighted by atomic mass is 9.87. The predicted octanol–water partition coefficient (Wildman–Crippen LogP) is 13.1. The first-order valence-electron chi connectivity index (χ1n) is 19.1. The average molecular weight is 700 g/mol. The zero-order valence-corrected chi connectivity index (χ0v) is 29.8. The first kappa shape index (κ1) is 31.0. The number of nitrogens with zero attached hydrogens (tertiary/aromatic N) is 1. The monoisotopic (exact) mass is 699 g/mol. The minimum atomic E-state index is 0.707. The number of furan rings is 1. The van der Waals surface area contributed by atoms with Gasteiger partial charge in [-0.1, -0.05) is 103 Å². The summed E-state index contributed by atoms with van der Waals surface area (Å²) in [6, 6.07) is 46.2. The van der Waals surface area contributed by atoms with E-state index in [0.29, 0.717) is 5.75 Å². The van der Waals surface area contributed by atoms with Gasteiger partial charge in [-0.15, -0.1) is 0 Å². The Bertz CT molecular complexity index is 2740. The lowest BCUT2D eigenvalue weighted by Gasteiger charge is -2.32. The lowest BCUT2D eigenvalue weighted by molar-refractivity contribution is -0.130. The van der Waals surface area contributed by atoms with Crippen molar-refractivity contribution in [3.05, 3.63) is 191 Å². The van der Waals surface area contributed by atoms with Gasteiger partial charge in [0.2, 0.25) is 0 Å². The van der Waals surface area contributed by atoms with Gasteiger partial charge >= 0.3 is 0 Å². The molecule has 0 radical (unpaired) electrons. The van der Waals surface area contributed by atoms with Crippen LogP contribution in [0.1, 0.15) is 59.3 Å². The van der Waals surface area contributed by atoms with E-state index in [4.69, 9.17) is 14.2 Å². The van der Waals surface area contributed by atoms with E-state index in [0.717, 1.165) is 99.9 Å². The van der Waals surface area contributed by atoms with Crippen molar-refractivity contribution < 1.29 is 14.2 Å². The molecule has 0 bridgehead atoms. The predicted molar refractivity (Wildman–Crippen MR) is 219 cm³/mol. The molecule has 54 heavy (non-hydrogen) atoms. The Balaban J connectivity index is 0.993. The van der Waals surface area contributed by atoms with Gasteiger partial charge < -0.3 is 9.32 Å². The van der Waals surface area contributed by atoms with Crippen molar-refractivity contribution in [1.29, 1.82) is 0 Å². The van der Waals surface area contributed by atoms with E-state index in [1.54, 1.807) is 0 Å². The molecule has 3 aliphatic carbocycles. The van der Waals surface area contributed by atoms with Crippen molar-refractivity contribution in [2.75, 3.05) is 4.90 Å². The summed E-state index contributed by atoms with van der Waals surface area (Å²) in [7, 11) is 0. The number of benzene rings is 6. The van der Waals surface area contributed by atoms with Crippen molar-refractivity contribution in [2.24, 2.45) is 0 Å². The molecule has 2 heterocycles. The molecule has 0 saturated carbocycles. The molecule has 0 spiro atoms. The molecule has 7 aromatic rings. The molecule has 0 atom stereocenters. The van der Waals surface area contributed by atoms with Crippen LogP contribution < -0.4 is 9.79 Å². The molecule has 11 rings (SSSR count). The van der Waals surface area contributed by atoms with Gasteiger partial charge in [-0.05, 0) is 125 Å². The summed E-state index contributed by atoms with van der Waals surface area (Å²) in [5.41, 5.74) is 15.3. The summed E-state index contributed by atoms with van der Waals surface area (Å²) in [6.45, 7) is 0. The van der Waals surface area contributed by atoms with Gasteiger partial charge in [-0.25, -0.2) is 0 Å². The maximum atomic E-state index is 6.29. The topological polar surface area (TPSA) is 34.8 Å². The first-order chi connectivity index (χ1) is 26.8. The average Bonchev–Trinajstić information content (AvgIpc) is 3.54. The van der Waals surface area contributed by atoms with Crippen molar-refractivity contribution in [1.82, 2.24) is 0 Å². The second-order valence-corrected chi connectivity index (χ2v) is 14.6. The molecule has 4 heteroatoms. The van der Waals surface area contributed by atoms with Crippen LogP contribution in [0.2, 0.25) is 0 Å². The summed E-state index contributed by atoms with van der Waals surface area (Å²) in [5, 5.41) is 3.21. The Morgan fingerprint density at radius 1 is 0.500 bits per heavy atom. The second-order valence-electron chi connectivity index (χ2n) is 14.6. The molecular weight excluding hydrogens is 663 g/mol. The highest BCUT2D eigenvalue weighted by atomic mass is 17.2. The highest BCUT2D eigenvalue weighted by Crippen LogP contribution is 2.47. The quantitative estimate of drug-likeness (QED) is 0.162. The number of allylic oxidation sites excluding steroid dienone is 5. The minimum absolute atomic E-state index is 0.707. The van der Waals surface area contributed by atoms with Gasteiger partial charge in [-0.2, -0.15) is 0 Å². The molecule has 4 aliphatic rings. The Hall–Kier alpha value is -6.52. The fraction of sp³-hybridized carbons (Fsp3) is 0.120. The molecule has 1 aliphatic heterocycles. The van der Waals surface area contributed by atoms with E-state index >= 15 is 0 Å². The smallest absolute Gasteiger partial charge is 0.187 e. The summed E-state index contributed by atoms with van der Waals surface area (Å²) in [5.74, 6) is 2.43. The summed E-state index contributed by atoms with van der Waals surface area (Å²) >= 11 is 0. The van der Waals surface area contributed by atoms with Gasteiger partial charge in [-0.3, -0.25) is 9.78 Å². The molecule has 4 nitrogen and oxygen atoms in total. The number of hydrogen-bond donors (Lipinski definition) is 0. The van der Waals surface area contributed by atoms with Crippen LogP contribution in [0.3, 0.4) is 0 Å². The van der Waals surface area contributed by atoms with Crippen LogP contribution in [-0.4, -0.2) is 0 Å². The third-order valence-corrected chi connectivity index (χ3v) is 11.4. The van der Waals surface area contributed by atoms with Crippen LogP contribution in [0.4, 0.5) is 11.4 Å². The van der Waals surface area contributed by atoms with Gasteiger partial charge in [0.1, 0.15) is 11.3 Å². The molecule has 0 unspecified atom stereocenters. The van der Waals surface area contributed by atoms with Crippen molar-refractivity contribution >= 4 is 50.0 Å². The van der Waals surface area contributed by atoms with Crippen LogP contribution in [0.15, 0.2) is 162 Å². The second kappa shape index (κ2) is 12.6. The molecule has 6 aromatic carbocycles. The Kier molecular flexibility index (Phi) is 7.22. The molecule has 260 valence electrons. The summed E-state index contributed by atoms with van der Waals surface area (Å²) < 4.78 is 6.29. The number of hydrogen-bond acceptors (Lipinski definition) is 4. The van der Waals surface area contributed by atoms with Gasteiger partial charge in [0.05, 0.1) is 5.56 Å². The highest BCUT2D eigenvalue weighted by Gasteiger charge is 2.29. The maximum Gasteiger partial charge on any atom is 0.187 e. The standard InChI is InChI=1S/C50H37NO3/c1-2-10-34(11-3-1)42-15-6-7-17-43(42)51(39-27-22-35(23-28-39)41-16-8-13-33-12-4-5-14-40(33)41)38-25-20-32(21-26-38)37-30-36-24-29-45-50-48(36)47(31-37)54-53-46-19-9-18-44(52-45)49(46)50/h1-5,10-12,14-17,19-31H,6-9,13,18H2. The van der Waals surface area contributed by atoms with E-state index < -0.39 is 0 Å². The maximum absolute atomic E-state index is 6.29. The van der Waals surface area contributed by atoms with Crippen LogP contribution in [-0.2, 0) is 17.7 Å². The zero-order valence-electron chi connectivity index (χ0n) is 29.8. The Morgan fingerprint density at radius 3 is 2.07 bits per heavy atom. The summed E-state index contributed by atoms with van der Waals surface area (Å²) in [4.78, 5) is 14.4. The van der Waals surface area contributed by atoms with Crippen LogP contribution in [0.5, 0.6) is 5.75 Å². The van der Waals surface area contributed by atoms with E-state index in [2.05, 4.69) is 157 Å². The Morgan fingerprint density at radius 2 is 1.22 bits per heavy atom. The van der Waals surface area contributed by atoms with E-state index in [1.807, 2.05) is 0 Å². The molecular formula is C50H37NO3. The van der Waals surface area contributed by atoms with E-state index in [1.165, 1.54) is 39.1 Å². The number of rotatable bonds is 6. The minimum Gasteiger partial charge on any atom is -0.460 e. The fourth-order valence-corrected chi connectivity index (χ4v) is 8.87. The van der Waals surface area contributed by atoms with Crippen LogP contribution in [0, 0.1) is 0 Å². The first-order valence-corrected chi connectivity index (χ1v) is 19.1. The molecule has 0 amide bonds. The van der Waals surface area contributed by atoms with Crippen molar-refractivity contribution in [2.45, 2.75) is 38.5 Å². The fourth-order valence-electron chi connectivity index (χ4n) is 8.87. The van der Waals surface area contributed by atoms with Gasteiger partial charge in [0, 0.05) is 39.8 Å². The van der Waals surface area contributed by atoms with Crippen LogP contribution in [0.25, 0.3) is 49.8 Å². The molecule has 1 aromatic heterocycles. The summed E-state index contributed by atoms with van der Waals surface area (Å²) in [6.07, 6.45) is 15.2. The number of aryl methyl sites for hydroxylation is 2. The third-order valence-electron chi connectivity index (χ3n) is 11.4. The van der Waals surface area contributed by atoms with Gasteiger partial charge in [0.15, 0.2) is 11.5 Å². The zero-order chi connectivity index (χ0) is 35.6. The molecule has 0 saturated heterocycles. The normalized spacial score (nSPS) is 15.7.